The van der Waals surface area contributed by atoms with E-state index in [1.165, 1.54) is 12.8 Å². The molecule has 1 aliphatic carbocycles. The predicted octanol–water partition coefficient (Wildman–Crippen LogP) is 1.01. The van der Waals surface area contributed by atoms with Crippen LogP contribution in [0.5, 0.6) is 0 Å². The SMILES string of the molecule is CN1CC(C(C#N)C2CC2)CC1=O. The molecule has 2 unspecified atom stereocenters. The summed E-state index contributed by atoms with van der Waals surface area (Å²) in [6.45, 7) is 0.785. The van der Waals surface area contributed by atoms with Crippen molar-refractivity contribution in [2.24, 2.45) is 17.8 Å². The number of amides is 1. The van der Waals surface area contributed by atoms with Crippen molar-refractivity contribution in [3.63, 3.8) is 0 Å². The van der Waals surface area contributed by atoms with Crippen LogP contribution in [0, 0.1) is 29.1 Å². The van der Waals surface area contributed by atoms with Gasteiger partial charge in [-0.25, -0.2) is 0 Å². The first-order chi connectivity index (χ1) is 6.22. The molecule has 0 aromatic heterocycles. The van der Waals surface area contributed by atoms with E-state index in [0.717, 1.165) is 6.54 Å². The third kappa shape index (κ3) is 1.53. The lowest BCUT2D eigenvalue weighted by molar-refractivity contribution is -0.126. The molecule has 0 radical (unpaired) electrons. The van der Waals surface area contributed by atoms with Crippen LogP contribution in [0.15, 0.2) is 0 Å². The topological polar surface area (TPSA) is 44.1 Å². The van der Waals surface area contributed by atoms with Crippen LogP contribution in [0.4, 0.5) is 0 Å². The summed E-state index contributed by atoms with van der Waals surface area (Å²) < 4.78 is 0. The Labute approximate surface area is 78.3 Å². The van der Waals surface area contributed by atoms with Crippen molar-refractivity contribution in [3.05, 3.63) is 0 Å². The van der Waals surface area contributed by atoms with Gasteiger partial charge in [-0.05, 0) is 18.8 Å². The highest BCUT2D eigenvalue weighted by Gasteiger charge is 2.41. The Balaban J connectivity index is 2.01. The molecule has 1 saturated heterocycles. The van der Waals surface area contributed by atoms with Gasteiger partial charge in [0.2, 0.25) is 5.91 Å². The number of likely N-dealkylation sites (tertiary alicyclic amines) is 1. The van der Waals surface area contributed by atoms with Crippen molar-refractivity contribution < 1.29 is 4.79 Å². The Morgan fingerprint density at radius 1 is 1.54 bits per heavy atom. The first kappa shape index (κ1) is 8.55. The molecule has 0 aromatic carbocycles. The molecule has 70 valence electrons. The standard InChI is InChI=1S/C10H14N2O/c1-12-6-8(4-10(12)13)9(5-11)7-2-3-7/h7-9H,2-4,6H2,1H3. The maximum Gasteiger partial charge on any atom is 0.222 e. The summed E-state index contributed by atoms with van der Waals surface area (Å²) in [6.07, 6.45) is 2.96. The summed E-state index contributed by atoms with van der Waals surface area (Å²) in [6, 6.07) is 2.37. The van der Waals surface area contributed by atoms with Crippen LogP contribution >= 0.6 is 0 Å². The molecular formula is C10H14N2O. The quantitative estimate of drug-likeness (QED) is 0.633. The minimum absolute atomic E-state index is 0.133. The Morgan fingerprint density at radius 2 is 2.23 bits per heavy atom. The average molecular weight is 178 g/mol. The lowest BCUT2D eigenvalue weighted by Gasteiger charge is -2.14. The minimum atomic E-state index is 0.133. The van der Waals surface area contributed by atoms with Gasteiger partial charge >= 0.3 is 0 Å². The molecule has 1 aliphatic heterocycles. The number of nitrogens with zero attached hydrogens (tertiary/aromatic N) is 2. The molecule has 13 heavy (non-hydrogen) atoms. The van der Waals surface area contributed by atoms with E-state index in [4.69, 9.17) is 5.26 Å². The summed E-state index contributed by atoms with van der Waals surface area (Å²) >= 11 is 0. The van der Waals surface area contributed by atoms with Crippen LogP contribution in [-0.2, 0) is 4.79 Å². The molecule has 0 bridgehead atoms. The predicted molar refractivity (Wildman–Crippen MR) is 47.6 cm³/mol. The molecule has 0 aromatic rings. The number of carbonyl (C=O) groups is 1. The van der Waals surface area contributed by atoms with Gasteiger partial charge in [-0.3, -0.25) is 4.79 Å². The highest BCUT2D eigenvalue weighted by atomic mass is 16.2. The van der Waals surface area contributed by atoms with Crippen molar-refractivity contribution in [1.29, 1.82) is 5.26 Å². The number of hydrogen-bond donors (Lipinski definition) is 0. The van der Waals surface area contributed by atoms with Crippen LogP contribution in [-0.4, -0.2) is 24.4 Å². The summed E-state index contributed by atoms with van der Waals surface area (Å²) in [5.74, 6) is 1.23. The minimum Gasteiger partial charge on any atom is -0.345 e. The monoisotopic (exact) mass is 178 g/mol. The van der Waals surface area contributed by atoms with Crippen molar-refractivity contribution in [3.8, 4) is 6.07 Å². The number of rotatable bonds is 2. The lowest BCUT2D eigenvalue weighted by atomic mass is 9.89. The number of nitriles is 1. The summed E-state index contributed by atoms with van der Waals surface area (Å²) in [5.41, 5.74) is 0. The molecule has 2 rings (SSSR count). The highest BCUT2D eigenvalue weighted by molar-refractivity contribution is 5.78. The number of hydrogen-bond acceptors (Lipinski definition) is 2. The van der Waals surface area contributed by atoms with E-state index in [1.807, 2.05) is 7.05 Å². The Hall–Kier alpha value is -1.04. The van der Waals surface area contributed by atoms with E-state index in [9.17, 15) is 4.79 Å². The second kappa shape index (κ2) is 3.02. The normalized spacial score (nSPS) is 30.3. The van der Waals surface area contributed by atoms with Gasteiger partial charge in [-0.15, -0.1) is 0 Å². The molecule has 0 spiro atoms. The summed E-state index contributed by atoms with van der Waals surface area (Å²) in [7, 11) is 1.82. The van der Waals surface area contributed by atoms with Crippen molar-refractivity contribution in [2.45, 2.75) is 19.3 Å². The van der Waals surface area contributed by atoms with Gasteiger partial charge in [-0.2, -0.15) is 5.26 Å². The van der Waals surface area contributed by atoms with E-state index < -0.39 is 0 Å². The van der Waals surface area contributed by atoms with Gasteiger partial charge in [0.05, 0.1) is 12.0 Å². The zero-order valence-corrected chi connectivity index (χ0v) is 7.86. The molecule has 2 aliphatic rings. The van der Waals surface area contributed by atoms with Gasteiger partial charge in [0.1, 0.15) is 0 Å². The van der Waals surface area contributed by atoms with Crippen LogP contribution < -0.4 is 0 Å². The molecule has 3 heteroatoms. The van der Waals surface area contributed by atoms with E-state index in [1.54, 1.807) is 4.90 Å². The van der Waals surface area contributed by atoms with E-state index in [-0.39, 0.29) is 11.8 Å². The smallest absolute Gasteiger partial charge is 0.222 e. The van der Waals surface area contributed by atoms with Crippen LogP contribution in [0.25, 0.3) is 0 Å². The Kier molecular flexibility index (Phi) is 1.99. The zero-order valence-electron chi connectivity index (χ0n) is 7.86. The molecule has 1 saturated carbocycles. The fraction of sp³-hybridized carbons (Fsp3) is 0.800. The van der Waals surface area contributed by atoms with Crippen LogP contribution in [0.3, 0.4) is 0 Å². The summed E-state index contributed by atoms with van der Waals surface area (Å²) in [5, 5.41) is 8.99. The van der Waals surface area contributed by atoms with Gasteiger partial charge < -0.3 is 4.90 Å². The first-order valence-corrected chi connectivity index (χ1v) is 4.86. The van der Waals surface area contributed by atoms with Crippen LogP contribution in [0.1, 0.15) is 19.3 Å². The number of carbonyl (C=O) groups excluding carboxylic acids is 1. The van der Waals surface area contributed by atoms with E-state index in [2.05, 4.69) is 6.07 Å². The lowest BCUT2D eigenvalue weighted by Crippen LogP contribution is -2.21. The maximum absolute atomic E-state index is 11.3. The largest absolute Gasteiger partial charge is 0.345 e. The van der Waals surface area contributed by atoms with Gasteiger partial charge in [0.25, 0.3) is 0 Å². The van der Waals surface area contributed by atoms with Gasteiger partial charge in [0, 0.05) is 25.9 Å². The molecule has 2 fully saturated rings. The molecule has 1 heterocycles. The maximum atomic E-state index is 11.3. The Morgan fingerprint density at radius 3 is 2.62 bits per heavy atom. The molecule has 1 amide bonds. The third-order valence-corrected chi connectivity index (χ3v) is 3.16. The van der Waals surface area contributed by atoms with Gasteiger partial charge in [-0.1, -0.05) is 0 Å². The van der Waals surface area contributed by atoms with Crippen molar-refractivity contribution in [2.75, 3.05) is 13.6 Å². The second-order valence-corrected chi connectivity index (χ2v) is 4.23. The van der Waals surface area contributed by atoms with Crippen molar-refractivity contribution in [1.82, 2.24) is 4.90 Å². The van der Waals surface area contributed by atoms with E-state index >= 15 is 0 Å². The highest BCUT2D eigenvalue weighted by Crippen LogP contribution is 2.42. The molecule has 2 atom stereocenters. The average Bonchev–Trinajstić information content (AvgIpc) is 2.84. The summed E-state index contributed by atoms with van der Waals surface area (Å²) in [4.78, 5) is 13.0. The Bertz CT molecular complexity index is 265. The molecule has 0 N–H and O–H groups in total. The van der Waals surface area contributed by atoms with E-state index in [0.29, 0.717) is 18.3 Å². The van der Waals surface area contributed by atoms with Gasteiger partial charge in [0.15, 0.2) is 0 Å². The fourth-order valence-corrected chi connectivity index (χ4v) is 2.19. The van der Waals surface area contributed by atoms with Crippen LogP contribution in [0.2, 0.25) is 0 Å². The molecule has 3 nitrogen and oxygen atoms in total. The second-order valence-electron chi connectivity index (χ2n) is 4.23. The first-order valence-electron chi connectivity index (χ1n) is 4.86. The van der Waals surface area contributed by atoms with Crippen molar-refractivity contribution >= 4 is 5.91 Å². The molecular weight excluding hydrogens is 164 g/mol. The zero-order chi connectivity index (χ0) is 9.42. The fourth-order valence-electron chi connectivity index (χ4n) is 2.19. The third-order valence-electron chi connectivity index (χ3n) is 3.16.